The quantitative estimate of drug-likeness (QED) is 0.626. The number of rotatable bonds is 3. The van der Waals surface area contributed by atoms with Crippen LogP contribution in [0.2, 0.25) is 0 Å². The summed E-state index contributed by atoms with van der Waals surface area (Å²) < 4.78 is 2.03. The number of anilines is 1. The number of hydrogen-bond acceptors (Lipinski definition) is 3. The summed E-state index contributed by atoms with van der Waals surface area (Å²) in [5.74, 6) is 0. The first-order valence-corrected chi connectivity index (χ1v) is 8.08. The molecule has 0 bridgehead atoms. The Balaban J connectivity index is 1.96. The lowest BCUT2D eigenvalue weighted by atomic mass is 10.2. The molecule has 0 fully saturated rings. The molecule has 0 amide bonds. The molecule has 0 saturated heterocycles. The van der Waals surface area contributed by atoms with E-state index < -0.39 is 0 Å². The first-order valence-electron chi connectivity index (χ1n) is 6.49. The van der Waals surface area contributed by atoms with Gasteiger partial charge in [0.25, 0.3) is 0 Å². The summed E-state index contributed by atoms with van der Waals surface area (Å²) >= 11 is 6.94. The van der Waals surface area contributed by atoms with Crippen molar-refractivity contribution in [2.75, 3.05) is 11.9 Å². The Labute approximate surface area is 140 Å². The highest BCUT2D eigenvalue weighted by Crippen LogP contribution is 2.26. The molecular formula is C16H13Br2N3. The number of aromatic nitrogens is 2. The van der Waals surface area contributed by atoms with Crippen molar-refractivity contribution in [1.29, 1.82) is 0 Å². The highest BCUT2D eigenvalue weighted by molar-refractivity contribution is 9.10. The molecule has 1 aromatic carbocycles. The van der Waals surface area contributed by atoms with E-state index in [4.69, 9.17) is 0 Å². The Kier molecular flexibility index (Phi) is 4.22. The summed E-state index contributed by atoms with van der Waals surface area (Å²) in [6.07, 6.45) is 3.63. The van der Waals surface area contributed by atoms with Gasteiger partial charge in [0.05, 0.1) is 11.2 Å². The minimum Gasteiger partial charge on any atom is -0.368 e. The van der Waals surface area contributed by atoms with Crippen LogP contribution in [0.4, 0.5) is 5.69 Å². The molecule has 0 aliphatic rings. The molecule has 0 unspecified atom stereocenters. The molecule has 21 heavy (non-hydrogen) atoms. The topological polar surface area (TPSA) is 29.0 Å². The van der Waals surface area contributed by atoms with Crippen LogP contribution in [0.5, 0.6) is 0 Å². The third-order valence-electron chi connectivity index (χ3n) is 3.24. The molecule has 3 rings (SSSR count). The van der Waals surface area contributed by atoms with E-state index in [1.54, 1.807) is 6.20 Å². The van der Waals surface area contributed by atoms with Crippen molar-refractivity contribution < 1.29 is 0 Å². The van der Waals surface area contributed by atoms with Crippen molar-refractivity contribution >= 4 is 48.6 Å². The van der Waals surface area contributed by atoms with Crippen LogP contribution in [0.15, 0.2) is 57.7 Å². The Morgan fingerprint density at radius 3 is 2.71 bits per heavy atom. The van der Waals surface area contributed by atoms with Crippen LogP contribution in [-0.2, 0) is 6.54 Å². The third kappa shape index (κ3) is 3.24. The molecule has 106 valence electrons. The van der Waals surface area contributed by atoms with Gasteiger partial charge in [-0.25, -0.2) is 0 Å². The minimum atomic E-state index is 0.816. The zero-order valence-corrected chi connectivity index (χ0v) is 14.6. The van der Waals surface area contributed by atoms with Crippen LogP contribution in [-0.4, -0.2) is 17.0 Å². The van der Waals surface area contributed by atoms with Gasteiger partial charge >= 0.3 is 0 Å². The van der Waals surface area contributed by atoms with Gasteiger partial charge in [-0.3, -0.25) is 9.97 Å². The number of fused-ring (bicyclic) bond motifs is 1. The standard InChI is InChI=1S/C16H13Br2N3/c1-21(10-11-3-2-4-12(17)7-11)15-5-6-19-14-8-13(18)9-20-16(14)15/h2-9H,10H2,1H3. The molecule has 2 heterocycles. The van der Waals surface area contributed by atoms with Gasteiger partial charge in [0.2, 0.25) is 0 Å². The fourth-order valence-corrected chi connectivity index (χ4v) is 3.06. The van der Waals surface area contributed by atoms with Crippen LogP contribution in [0.1, 0.15) is 5.56 Å². The van der Waals surface area contributed by atoms with Gasteiger partial charge in [0.15, 0.2) is 0 Å². The Bertz CT molecular complexity index is 789. The molecule has 3 nitrogen and oxygen atoms in total. The monoisotopic (exact) mass is 405 g/mol. The molecule has 5 heteroatoms. The van der Waals surface area contributed by atoms with Crippen LogP contribution in [0, 0.1) is 0 Å². The van der Waals surface area contributed by atoms with E-state index in [1.165, 1.54) is 5.56 Å². The summed E-state index contributed by atoms with van der Waals surface area (Å²) in [7, 11) is 2.07. The number of hydrogen-bond donors (Lipinski definition) is 0. The van der Waals surface area contributed by atoms with Gasteiger partial charge in [0, 0.05) is 34.9 Å². The lowest BCUT2D eigenvalue weighted by Crippen LogP contribution is -2.17. The van der Waals surface area contributed by atoms with E-state index in [2.05, 4.69) is 65.9 Å². The largest absolute Gasteiger partial charge is 0.368 e. The smallest absolute Gasteiger partial charge is 0.112 e. The zero-order valence-electron chi connectivity index (χ0n) is 11.4. The second-order valence-corrected chi connectivity index (χ2v) is 6.67. The van der Waals surface area contributed by atoms with E-state index in [0.717, 1.165) is 32.2 Å². The zero-order chi connectivity index (χ0) is 14.8. The molecule has 0 saturated carbocycles. The van der Waals surface area contributed by atoms with Crippen molar-refractivity contribution in [1.82, 2.24) is 9.97 Å². The van der Waals surface area contributed by atoms with Crippen molar-refractivity contribution in [3.63, 3.8) is 0 Å². The molecule has 0 radical (unpaired) electrons. The summed E-state index contributed by atoms with van der Waals surface area (Å²) in [4.78, 5) is 11.1. The maximum atomic E-state index is 4.50. The van der Waals surface area contributed by atoms with Crippen LogP contribution < -0.4 is 4.90 Å². The Hall–Kier alpha value is -1.46. The first-order chi connectivity index (χ1) is 10.1. The molecule has 0 aliphatic heterocycles. The summed E-state index contributed by atoms with van der Waals surface area (Å²) in [5, 5.41) is 0. The van der Waals surface area contributed by atoms with Crippen molar-refractivity contribution in [3.05, 3.63) is 63.3 Å². The maximum Gasteiger partial charge on any atom is 0.112 e. The molecule has 0 N–H and O–H groups in total. The first kappa shape index (κ1) is 14.5. The van der Waals surface area contributed by atoms with E-state index in [1.807, 2.05) is 30.5 Å². The Morgan fingerprint density at radius 2 is 1.90 bits per heavy atom. The second-order valence-electron chi connectivity index (χ2n) is 4.84. The van der Waals surface area contributed by atoms with Gasteiger partial charge in [-0.05, 0) is 45.8 Å². The summed E-state index contributed by atoms with van der Waals surface area (Å²) in [5.41, 5.74) is 4.13. The van der Waals surface area contributed by atoms with Crippen LogP contribution in [0.3, 0.4) is 0 Å². The molecule has 0 aliphatic carbocycles. The molecule has 2 aromatic heterocycles. The molecule has 0 atom stereocenters. The number of halogens is 2. The van der Waals surface area contributed by atoms with Crippen LogP contribution >= 0.6 is 31.9 Å². The van der Waals surface area contributed by atoms with Gasteiger partial charge in [-0.2, -0.15) is 0 Å². The lowest BCUT2D eigenvalue weighted by molar-refractivity contribution is 0.924. The van der Waals surface area contributed by atoms with Gasteiger partial charge in [-0.1, -0.05) is 28.1 Å². The van der Waals surface area contributed by atoms with E-state index in [-0.39, 0.29) is 0 Å². The van der Waals surface area contributed by atoms with Gasteiger partial charge in [-0.15, -0.1) is 0 Å². The van der Waals surface area contributed by atoms with Crippen LogP contribution in [0.25, 0.3) is 11.0 Å². The average molecular weight is 407 g/mol. The van der Waals surface area contributed by atoms with E-state index in [0.29, 0.717) is 0 Å². The highest BCUT2D eigenvalue weighted by atomic mass is 79.9. The molecular weight excluding hydrogens is 394 g/mol. The second kappa shape index (κ2) is 6.12. The van der Waals surface area contributed by atoms with Crippen molar-refractivity contribution in [2.45, 2.75) is 6.54 Å². The number of benzene rings is 1. The average Bonchev–Trinajstić information content (AvgIpc) is 2.46. The predicted molar refractivity (Wildman–Crippen MR) is 93.5 cm³/mol. The lowest BCUT2D eigenvalue weighted by Gasteiger charge is -2.20. The molecule has 3 aromatic rings. The predicted octanol–water partition coefficient (Wildman–Crippen LogP) is 4.79. The highest BCUT2D eigenvalue weighted by Gasteiger charge is 2.09. The summed E-state index contributed by atoms with van der Waals surface area (Å²) in [6.45, 7) is 0.816. The SMILES string of the molecule is CN(Cc1cccc(Br)c1)c1ccnc2cc(Br)cnc12. The van der Waals surface area contributed by atoms with E-state index in [9.17, 15) is 0 Å². The number of nitrogens with zero attached hydrogens (tertiary/aromatic N) is 3. The van der Waals surface area contributed by atoms with Crippen molar-refractivity contribution in [2.24, 2.45) is 0 Å². The Morgan fingerprint density at radius 1 is 1.05 bits per heavy atom. The summed E-state index contributed by atoms with van der Waals surface area (Å²) in [6, 6.07) is 12.3. The minimum absolute atomic E-state index is 0.816. The third-order valence-corrected chi connectivity index (χ3v) is 4.17. The van der Waals surface area contributed by atoms with Gasteiger partial charge in [0.1, 0.15) is 5.52 Å². The number of pyridine rings is 2. The normalized spacial score (nSPS) is 10.8. The fraction of sp³-hybridized carbons (Fsp3) is 0.125. The maximum absolute atomic E-state index is 4.50. The fourth-order valence-electron chi connectivity index (χ4n) is 2.29. The van der Waals surface area contributed by atoms with Gasteiger partial charge < -0.3 is 4.90 Å². The van der Waals surface area contributed by atoms with Crippen molar-refractivity contribution in [3.8, 4) is 0 Å². The van der Waals surface area contributed by atoms with E-state index >= 15 is 0 Å². The molecule has 0 spiro atoms.